The van der Waals surface area contributed by atoms with E-state index in [-0.39, 0.29) is 0 Å². The molecule has 1 aliphatic carbocycles. The lowest BCUT2D eigenvalue weighted by atomic mass is 9.84. The number of aromatic nitrogens is 2. The molecule has 0 aliphatic heterocycles. The van der Waals surface area contributed by atoms with Crippen molar-refractivity contribution in [2.24, 2.45) is 11.8 Å². The van der Waals surface area contributed by atoms with E-state index in [1.165, 1.54) is 0 Å². The van der Waals surface area contributed by atoms with Crippen LogP contribution in [-0.2, 0) is 11.3 Å². The molecule has 0 bridgehead atoms. The van der Waals surface area contributed by atoms with Crippen molar-refractivity contribution < 1.29 is 9.57 Å². The number of rotatable bonds is 3. The average molecular weight is 297 g/mol. The van der Waals surface area contributed by atoms with Crippen LogP contribution in [0.3, 0.4) is 0 Å². The molecule has 1 aliphatic rings. The van der Waals surface area contributed by atoms with E-state index in [1.807, 2.05) is 24.3 Å². The van der Waals surface area contributed by atoms with Crippen LogP contribution in [0.2, 0.25) is 0 Å². The number of hydrogen-bond acceptors (Lipinski definition) is 5. The van der Waals surface area contributed by atoms with E-state index in [1.54, 1.807) is 13.4 Å². The Morgan fingerprint density at radius 3 is 2.64 bits per heavy atom. The van der Waals surface area contributed by atoms with Gasteiger partial charge in [0.15, 0.2) is 0 Å². The molecule has 1 atom stereocenters. The minimum Gasteiger partial charge on any atom is -0.497 e. The van der Waals surface area contributed by atoms with Crippen LogP contribution in [-0.4, -0.2) is 17.3 Å². The monoisotopic (exact) mass is 297 g/mol. The van der Waals surface area contributed by atoms with Gasteiger partial charge < -0.3 is 9.57 Å². The number of methoxy groups -OCH3 is 1. The van der Waals surface area contributed by atoms with Crippen molar-refractivity contribution in [3.8, 4) is 17.0 Å². The molecular weight excluding hydrogens is 278 g/mol. The van der Waals surface area contributed by atoms with Crippen molar-refractivity contribution in [1.82, 2.24) is 10.2 Å². The summed E-state index contributed by atoms with van der Waals surface area (Å²) in [5.41, 5.74) is 4.98. The van der Waals surface area contributed by atoms with E-state index >= 15 is 0 Å². The first-order valence-electron chi connectivity index (χ1n) is 7.27. The molecule has 0 radical (unpaired) electrons. The van der Waals surface area contributed by atoms with Gasteiger partial charge in [-0.05, 0) is 54.7 Å². The molecule has 5 nitrogen and oxygen atoms in total. The molecule has 5 heteroatoms. The fourth-order valence-corrected chi connectivity index (χ4v) is 2.83. The quantitative estimate of drug-likeness (QED) is 0.696. The number of nitrogens with two attached hydrogens (primary N) is 1. The fourth-order valence-electron chi connectivity index (χ4n) is 2.83. The van der Waals surface area contributed by atoms with E-state index in [0.29, 0.717) is 5.92 Å². The van der Waals surface area contributed by atoms with Crippen molar-refractivity contribution in [1.29, 1.82) is 0 Å². The van der Waals surface area contributed by atoms with E-state index in [9.17, 15) is 0 Å². The maximum Gasteiger partial charge on any atom is 0.118 e. The summed E-state index contributed by atoms with van der Waals surface area (Å²) in [6.45, 7) is 2.19. The summed E-state index contributed by atoms with van der Waals surface area (Å²) in [6, 6.07) is 9.84. The van der Waals surface area contributed by atoms with Gasteiger partial charge in [0.1, 0.15) is 12.0 Å². The number of hydrogen-bond donors (Lipinski definition) is 1. The van der Waals surface area contributed by atoms with Crippen molar-refractivity contribution >= 4 is 5.57 Å². The van der Waals surface area contributed by atoms with Crippen LogP contribution >= 0.6 is 0 Å². The molecule has 0 amide bonds. The maximum atomic E-state index is 5.22. The molecule has 0 saturated heterocycles. The van der Waals surface area contributed by atoms with Gasteiger partial charge >= 0.3 is 0 Å². The Morgan fingerprint density at radius 1 is 1.18 bits per heavy atom. The highest BCUT2D eigenvalue weighted by molar-refractivity contribution is 5.72. The number of nitrogens with zero attached hydrogens (tertiary/aromatic N) is 2. The smallest absolute Gasteiger partial charge is 0.118 e. The largest absolute Gasteiger partial charge is 0.497 e. The maximum absolute atomic E-state index is 5.22. The van der Waals surface area contributed by atoms with Gasteiger partial charge in [0.2, 0.25) is 0 Å². The summed E-state index contributed by atoms with van der Waals surface area (Å²) in [6.07, 6.45) is 3.46. The SMILES string of the molecule is COc1ccc(-c2cc3c(nn2)CC(C)C/C3=C\ON)cc1. The van der Waals surface area contributed by atoms with Crippen LogP contribution in [0.25, 0.3) is 16.8 Å². The van der Waals surface area contributed by atoms with Crippen molar-refractivity contribution in [2.45, 2.75) is 19.8 Å². The third-order valence-corrected chi connectivity index (χ3v) is 3.92. The lowest BCUT2D eigenvalue weighted by molar-refractivity contribution is 0.261. The molecule has 22 heavy (non-hydrogen) atoms. The fraction of sp³-hybridized carbons (Fsp3) is 0.294. The molecular formula is C17H19N3O2. The van der Waals surface area contributed by atoms with Crippen LogP contribution in [0.5, 0.6) is 5.75 Å². The summed E-state index contributed by atoms with van der Waals surface area (Å²) >= 11 is 0. The molecule has 1 heterocycles. The second kappa shape index (κ2) is 6.15. The second-order valence-corrected chi connectivity index (χ2v) is 5.61. The van der Waals surface area contributed by atoms with Gasteiger partial charge in [0, 0.05) is 11.1 Å². The first-order chi connectivity index (χ1) is 10.7. The first-order valence-corrected chi connectivity index (χ1v) is 7.27. The molecule has 2 aromatic rings. The summed E-state index contributed by atoms with van der Waals surface area (Å²) < 4.78 is 5.18. The van der Waals surface area contributed by atoms with E-state index in [2.05, 4.69) is 23.2 Å². The first kappa shape index (κ1) is 14.5. The molecule has 1 aromatic heterocycles. The normalized spacial score (nSPS) is 18.9. The average Bonchev–Trinajstić information content (AvgIpc) is 2.55. The molecule has 2 N–H and O–H groups in total. The van der Waals surface area contributed by atoms with Gasteiger partial charge in [-0.15, -0.1) is 0 Å². The van der Waals surface area contributed by atoms with Crippen molar-refractivity contribution in [3.63, 3.8) is 0 Å². The van der Waals surface area contributed by atoms with Gasteiger partial charge in [-0.2, -0.15) is 16.1 Å². The molecule has 0 spiro atoms. The Bertz CT molecular complexity index is 696. The molecule has 3 rings (SSSR count). The topological polar surface area (TPSA) is 70.3 Å². The Kier molecular flexibility index (Phi) is 4.06. The third-order valence-electron chi connectivity index (χ3n) is 3.92. The Balaban J connectivity index is 2.01. The van der Waals surface area contributed by atoms with E-state index in [4.69, 9.17) is 15.5 Å². The zero-order chi connectivity index (χ0) is 15.5. The summed E-state index contributed by atoms with van der Waals surface area (Å²) in [5.74, 6) is 6.55. The van der Waals surface area contributed by atoms with Crippen LogP contribution in [0.15, 0.2) is 36.6 Å². The highest BCUT2D eigenvalue weighted by atomic mass is 16.6. The summed E-state index contributed by atoms with van der Waals surface area (Å²) in [5, 5.41) is 8.76. The van der Waals surface area contributed by atoms with Crippen LogP contribution in [0, 0.1) is 5.92 Å². The predicted molar refractivity (Wildman–Crippen MR) is 84.8 cm³/mol. The Hall–Kier alpha value is -2.40. The highest BCUT2D eigenvalue weighted by Gasteiger charge is 2.22. The van der Waals surface area contributed by atoms with E-state index < -0.39 is 0 Å². The lowest BCUT2D eigenvalue weighted by Gasteiger charge is -2.22. The molecule has 1 aromatic carbocycles. The van der Waals surface area contributed by atoms with Crippen molar-refractivity contribution in [3.05, 3.63) is 47.9 Å². The number of benzene rings is 1. The van der Waals surface area contributed by atoms with Crippen LogP contribution in [0.4, 0.5) is 0 Å². The van der Waals surface area contributed by atoms with Gasteiger partial charge in [0.25, 0.3) is 0 Å². The highest BCUT2D eigenvalue weighted by Crippen LogP contribution is 2.34. The van der Waals surface area contributed by atoms with Gasteiger partial charge in [0.05, 0.1) is 18.5 Å². The summed E-state index contributed by atoms with van der Waals surface area (Å²) in [4.78, 5) is 4.74. The zero-order valence-electron chi connectivity index (χ0n) is 12.7. The minimum absolute atomic E-state index is 0.509. The Labute approximate surface area is 129 Å². The number of fused-ring (bicyclic) bond motifs is 1. The molecule has 114 valence electrons. The summed E-state index contributed by atoms with van der Waals surface area (Å²) in [7, 11) is 1.65. The number of allylic oxidation sites excluding steroid dienone is 1. The lowest BCUT2D eigenvalue weighted by Crippen LogP contribution is -2.14. The van der Waals surface area contributed by atoms with Crippen LogP contribution < -0.4 is 10.6 Å². The zero-order valence-corrected chi connectivity index (χ0v) is 12.7. The van der Waals surface area contributed by atoms with Gasteiger partial charge in [-0.1, -0.05) is 6.92 Å². The predicted octanol–water partition coefficient (Wildman–Crippen LogP) is 2.97. The molecule has 0 saturated carbocycles. The van der Waals surface area contributed by atoms with Gasteiger partial charge in [-0.25, -0.2) is 0 Å². The molecule has 0 fully saturated rings. The second-order valence-electron chi connectivity index (χ2n) is 5.61. The van der Waals surface area contributed by atoms with Crippen molar-refractivity contribution in [2.75, 3.05) is 7.11 Å². The van der Waals surface area contributed by atoms with Gasteiger partial charge in [-0.3, -0.25) is 0 Å². The molecule has 1 unspecified atom stereocenters. The van der Waals surface area contributed by atoms with Crippen LogP contribution in [0.1, 0.15) is 24.6 Å². The van der Waals surface area contributed by atoms with E-state index in [0.717, 1.165) is 46.7 Å². The Morgan fingerprint density at radius 2 is 1.95 bits per heavy atom. The standard InChI is InChI=1S/C17H19N3O2/c1-11-7-13(10-22-18)15-9-16(19-20-17(15)8-11)12-3-5-14(21-2)6-4-12/h3-6,9-11H,7-8,18H2,1-2H3/b13-10+. The minimum atomic E-state index is 0.509. The number of ether oxygens (including phenoxy) is 1. The third kappa shape index (κ3) is 2.80.